The van der Waals surface area contributed by atoms with E-state index in [-0.39, 0.29) is 6.04 Å². The van der Waals surface area contributed by atoms with Gasteiger partial charge >= 0.3 is 0 Å². The summed E-state index contributed by atoms with van der Waals surface area (Å²) in [5, 5.41) is 6.00. The van der Waals surface area contributed by atoms with Crippen LogP contribution in [0.4, 0.5) is 11.4 Å². The Labute approximate surface area is 118 Å². The number of nitrogens with one attached hydrogen (secondary N) is 2. The van der Waals surface area contributed by atoms with Gasteiger partial charge in [0.25, 0.3) is 0 Å². The summed E-state index contributed by atoms with van der Waals surface area (Å²) in [4.78, 5) is 10.4. The second-order valence-corrected chi connectivity index (χ2v) is 4.96. The summed E-state index contributed by atoms with van der Waals surface area (Å²) in [6, 6.07) is 14.2. The van der Waals surface area contributed by atoms with Gasteiger partial charge in [-0.1, -0.05) is 18.2 Å². The summed E-state index contributed by atoms with van der Waals surface area (Å²) in [6.07, 6.45) is 1.64. The summed E-state index contributed by atoms with van der Waals surface area (Å²) in [7, 11) is 0. The Balaban J connectivity index is 1.94. The van der Waals surface area contributed by atoms with Crippen molar-refractivity contribution >= 4 is 17.8 Å². The number of fused-ring (bicyclic) bond motifs is 1. The van der Waals surface area contributed by atoms with Gasteiger partial charge in [-0.25, -0.2) is 0 Å². The first kappa shape index (κ1) is 12.7. The first-order valence-corrected chi connectivity index (χ1v) is 6.72. The van der Waals surface area contributed by atoms with Crippen LogP contribution >= 0.6 is 0 Å². The summed E-state index contributed by atoms with van der Waals surface area (Å²) >= 11 is 0. The number of carbonyl (C=O) groups excluding carboxylic acids is 1. The van der Waals surface area contributed by atoms with Crippen molar-refractivity contribution in [2.75, 3.05) is 17.2 Å². The third-order valence-corrected chi connectivity index (χ3v) is 3.67. The molecule has 0 aliphatic carbocycles. The van der Waals surface area contributed by atoms with Crippen LogP contribution in [0.5, 0.6) is 0 Å². The minimum absolute atomic E-state index is 0.0993. The number of carbonyl (C=O) groups is 1. The molecule has 4 N–H and O–H groups in total. The lowest BCUT2D eigenvalue weighted by atomic mass is 9.94. The van der Waals surface area contributed by atoms with Crippen LogP contribution in [0.25, 0.3) is 11.1 Å². The number of anilines is 2. The molecule has 1 atom stereocenters. The van der Waals surface area contributed by atoms with Crippen LogP contribution in [0.3, 0.4) is 0 Å². The maximum Gasteiger partial charge on any atom is 0.211 e. The molecule has 0 aromatic heterocycles. The van der Waals surface area contributed by atoms with Crippen molar-refractivity contribution in [2.24, 2.45) is 5.73 Å². The molecule has 0 saturated heterocycles. The molecule has 1 aliphatic heterocycles. The number of rotatable bonds is 3. The third kappa shape index (κ3) is 2.38. The van der Waals surface area contributed by atoms with Crippen LogP contribution in [-0.2, 0) is 4.79 Å². The molecule has 4 nitrogen and oxygen atoms in total. The van der Waals surface area contributed by atoms with Crippen molar-refractivity contribution in [1.82, 2.24) is 0 Å². The van der Waals surface area contributed by atoms with E-state index in [1.54, 1.807) is 0 Å². The van der Waals surface area contributed by atoms with E-state index >= 15 is 0 Å². The molecule has 0 fully saturated rings. The average molecular weight is 267 g/mol. The topological polar surface area (TPSA) is 67.2 Å². The monoisotopic (exact) mass is 267 g/mol. The Morgan fingerprint density at radius 2 is 1.90 bits per heavy atom. The molecule has 0 radical (unpaired) electrons. The molecule has 2 aromatic carbocycles. The van der Waals surface area contributed by atoms with Crippen molar-refractivity contribution in [1.29, 1.82) is 0 Å². The van der Waals surface area contributed by atoms with Gasteiger partial charge < -0.3 is 16.4 Å². The number of amides is 1. The van der Waals surface area contributed by atoms with Crippen molar-refractivity contribution in [3.63, 3.8) is 0 Å². The van der Waals surface area contributed by atoms with E-state index in [4.69, 9.17) is 5.73 Å². The quantitative estimate of drug-likeness (QED) is 0.749. The van der Waals surface area contributed by atoms with E-state index in [1.807, 2.05) is 24.3 Å². The first-order chi connectivity index (χ1) is 9.78. The van der Waals surface area contributed by atoms with Crippen molar-refractivity contribution in [3.05, 3.63) is 48.0 Å². The molecule has 0 bridgehead atoms. The van der Waals surface area contributed by atoms with E-state index in [0.29, 0.717) is 6.41 Å². The molecule has 102 valence electrons. The van der Waals surface area contributed by atoms with E-state index in [1.165, 1.54) is 5.56 Å². The van der Waals surface area contributed by atoms with Gasteiger partial charge in [0, 0.05) is 24.0 Å². The molecule has 0 unspecified atom stereocenters. The maximum absolute atomic E-state index is 10.4. The predicted octanol–water partition coefficient (Wildman–Crippen LogP) is 2.74. The normalized spacial score (nSPS) is 16.9. The highest BCUT2D eigenvalue weighted by molar-refractivity contribution is 5.75. The van der Waals surface area contributed by atoms with E-state index in [0.717, 1.165) is 35.5 Å². The fourth-order valence-electron chi connectivity index (χ4n) is 2.55. The van der Waals surface area contributed by atoms with Crippen LogP contribution in [0.1, 0.15) is 18.0 Å². The molecule has 0 saturated carbocycles. The minimum Gasteiger partial charge on any atom is -0.385 e. The van der Waals surface area contributed by atoms with Gasteiger partial charge in [-0.15, -0.1) is 0 Å². The Morgan fingerprint density at radius 1 is 1.15 bits per heavy atom. The van der Waals surface area contributed by atoms with Crippen LogP contribution in [-0.4, -0.2) is 13.0 Å². The van der Waals surface area contributed by atoms with Gasteiger partial charge in [0.1, 0.15) is 0 Å². The van der Waals surface area contributed by atoms with Gasteiger partial charge in [-0.2, -0.15) is 0 Å². The zero-order valence-electron chi connectivity index (χ0n) is 11.1. The minimum atomic E-state index is 0.0993. The Hall–Kier alpha value is -2.33. The largest absolute Gasteiger partial charge is 0.385 e. The smallest absolute Gasteiger partial charge is 0.211 e. The van der Waals surface area contributed by atoms with E-state index in [9.17, 15) is 4.79 Å². The number of nitrogens with two attached hydrogens (primary N) is 1. The lowest BCUT2D eigenvalue weighted by Crippen LogP contribution is -2.22. The number of hydrogen-bond acceptors (Lipinski definition) is 3. The standard InChI is InChI=1S/C16H17N3O/c17-15-7-8-18-16-6-3-12(9-14(15)16)11-1-4-13(5-2-11)19-10-20/h1-6,9-10,15,18H,7-8,17H2,(H,19,20)/t15-/m0/s1. The summed E-state index contributed by atoms with van der Waals surface area (Å²) < 4.78 is 0. The molecule has 20 heavy (non-hydrogen) atoms. The van der Waals surface area contributed by atoms with Crippen LogP contribution in [0, 0.1) is 0 Å². The zero-order chi connectivity index (χ0) is 13.9. The third-order valence-electron chi connectivity index (χ3n) is 3.67. The summed E-state index contributed by atoms with van der Waals surface area (Å²) in [6.45, 7) is 0.930. The average Bonchev–Trinajstić information content (AvgIpc) is 2.49. The molecule has 1 heterocycles. The Kier molecular flexibility index (Phi) is 3.39. The van der Waals surface area contributed by atoms with Gasteiger partial charge in [0.2, 0.25) is 6.41 Å². The second kappa shape index (κ2) is 5.35. The van der Waals surface area contributed by atoms with Crippen LogP contribution < -0.4 is 16.4 Å². The highest BCUT2D eigenvalue weighted by atomic mass is 16.1. The van der Waals surface area contributed by atoms with Crippen molar-refractivity contribution < 1.29 is 4.79 Å². The lowest BCUT2D eigenvalue weighted by Gasteiger charge is -2.24. The molecule has 0 spiro atoms. The fraction of sp³-hybridized carbons (Fsp3) is 0.188. The Morgan fingerprint density at radius 3 is 2.65 bits per heavy atom. The van der Waals surface area contributed by atoms with Crippen LogP contribution in [0.15, 0.2) is 42.5 Å². The van der Waals surface area contributed by atoms with Crippen molar-refractivity contribution in [3.8, 4) is 11.1 Å². The highest BCUT2D eigenvalue weighted by Gasteiger charge is 2.16. The van der Waals surface area contributed by atoms with Gasteiger partial charge in [0.15, 0.2) is 0 Å². The van der Waals surface area contributed by atoms with Crippen LogP contribution in [0.2, 0.25) is 0 Å². The molecule has 3 rings (SSSR count). The summed E-state index contributed by atoms with van der Waals surface area (Å²) in [5.74, 6) is 0. The van der Waals surface area contributed by atoms with Gasteiger partial charge in [-0.05, 0) is 47.4 Å². The molecule has 2 aromatic rings. The predicted molar refractivity (Wildman–Crippen MR) is 81.6 cm³/mol. The highest BCUT2D eigenvalue weighted by Crippen LogP contribution is 2.32. The molecule has 4 heteroatoms. The fourth-order valence-corrected chi connectivity index (χ4v) is 2.55. The lowest BCUT2D eigenvalue weighted by molar-refractivity contribution is -0.105. The number of hydrogen-bond donors (Lipinski definition) is 3. The maximum atomic E-state index is 10.4. The van der Waals surface area contributed by atoms with E-state index in [2.05, 4.69) is 28.8 Å². The zero-order valence-corrected chi connectivity index (χ0v) is 11.1. The second-order valence-electron chi connectivity index (χ2n) is 4.96. The van der Waals surface area contributed by atoms with Crippen molar-refractivity contribution in [2.45, 2.75) is 12.5 Å². The molecule has 1 amide bonds. The van der Waals surface area contributed by atoms with E-state index < -0.39 is 0 Å². The summed E-state index contributed by atoms with van der Waals surface area (Å²) in [5.41, 5.74) is 11.5. The molecule has 1 aliphatic rings. The number of benzene rings is 2. The SMILES string of the molecule is N[C@H]1CCNc2ccc(-c3ccc(NC=O)cc3)cc21. The first-order valence-electron chi connectivity index (χ1n) is 6.72. The Bertz CT molecular complexity index is 622. The molecular weight excluding hydrogens is 250 g/mol. The van der Waals surface area contributed by atoms with Gasteiger partial charge in [0.05, 0.1) is 0 Å². The molecular formula is C16H17N3O. The van der Waals surface area contributed by atoms with Gasteiger partial charge in [-0.3, -0.25) is 4.79 Å².